The normalized spacial score (nSPS) is 12.7. The molecule has 1 aromatic carbocycles. The second-order valence-corrected chi connectivity index (χ2v) is 5.96. The molecule has 0 amide bonds. The molecule has 1 unspecified atom stereocenters. The Bertz CT molecular complexity index is 473. The average molecular weight is 365 g/mol. The Morgan fingerprint density at radius 3 is 2.94 bits per heavy atom. The van der Waals surface area contributed by atoms with Crippen LogP contribution in [0.3, 0.4) is 0 Å². The van der Waals surface area contributed by atoms with Crippen molar-refractivity contribution in [2.75, 3.05) is 0 Å². The van der Waals surface area contributed by atoms with Gasteiger partial charge in [0.2, 0.25) is 0 Å². The van der Waals surface area contributed by atoms with Crippen molar-refractivity contribution in [3.8, 4) is 0 Å². The van der Waals surface area contributed by atoms with Gasteiger partial charge in [-0.1, -0.05) is 17.7 Å². The molecule has 1 atom stereocenters. The summed E-state index contributed by atoms with van der Waals surface area (Å²) in [6.07, 6.45) is 2.56. The number of thiazole rings is 1. The summed E-state index contributed by atoms with van der Waals surface area (Å²) in [4.78, 5) is 4.23. The second kappa shape index (κ2) is 5.44. The number of nitrogens with zero attached hydrogens (tertiary/aromatic N) is 1. The highest BCUT2D eigenvalue weighted by molar-refractivity contribution is 14.1. The average Bonchev–Trinajstić information content (AvgIpc) is 2.74. The van der Waals surface area contributed by atoms with Gasteiger partial charge in [0.05, 0.1) is 10.0 Å². The number of hydrogen-bond donors (Lipinski definition) is 1. The molecule has 2 N–H and O–H groups in total. The van der Waals surface area contributed by atoms with Crippen LogP contribution in [-0.4, -0.2) is 4.98 Å². The third-order valence-corrected chi connectivity index (χ3v) is 4.62. The number of benzene rings is 1. The van der Waals surface area contributed by atoms with Gasteiger partial charge in [0, 0.05) is 27.6 Å². The lowest BCUT2D eigenvalue weighted by Crippen LogP contribution is -2.13. The summed E-state index contributed by atoms with van der Waals surface area (Å²) < 4.78 is 1.05. The van der Waals surface area contributed by atoms with E-state index in [4.69, 9.17) is 17.3 Å². The maximum Gasteiger partial charge on any atom is 0.0943 e. The lowest BCUT2D eigenvalue weighted by atomic mass is 10.1. The minimum atomic E-state index is -0.0411. The first-order valence-corrected chi connectivity index (χ1v) is 7.09. The first-order valence-electron chi connectivity index (χ1n) is 4.75. The highest BCUT2D eigenvalue weighted by Crippen LogP contribution is 2.24. The van der Waals surface area contributed by atoms with Crippen LogP contribution in [0.1, 0.15) is 16.6 Å². The summed E-state index contributed by atoms with van der Waals surface area (Å²) in [5, 5.41) is 3.78. The quantitative estimate of drug-likeness (QED) is 0.845. The Morgan fingerprint density at radius 1 is 1.50 bits per heavy atom. The molecule has 84 valence electrons. The summed E-state index contributed by atoms with van der Waals surface area (Å²) in [7, 11) is 0. The third kappa shape index (κ3) is 2.94. The van der Waals surface area contributed by atoms with Gasteiger partial charge in [-0.2, -0.15) is 0 Å². The molecule has 5 heteroatoms. The van der Waals surface area contributed by atoms with Crippen LogP contribution in [0.15, 0.2) is 29.8 Å². The van der Waals surface area contributed by atoms with Gasteiger partial charge < -0.3 is 5.73 Å². The van der Waals surface area contributed by atoms with Gasteiger partial charge in [-0.3, -0.25) is 0 Å². The van der Waals surface area contributed by atoms with Gasteiger partial charge in [-0.15, -0.1) is 11.3 Å². The molecule has 16 heavy (non-hydrogen) atoms. The highest BCUT2D eigenvalue weighted by atomic mass is 127. The monoisotopic (exact) mass is 364 g/mol. The fraction of sp³-hybridized carbons (Fsp3) is 0.182. The van der Waals surface area contributed by atoms with Crippen molar-refractivity contribution in [3.05, 3.63) is 48.9 Å². The highest BCUT2D eigenvalue weighted by Gasteiger charge is 2.10. The molecule has 2 nitrogen and oxygen atoms in total. The summed E-state index contributed by atoms with van der Waals surface area (Å²) in [6, 6.07) is 5.90. The van der Waals surface area contributed by atoms with Gasteiger partial charge in [0.1, 0.15) is 0 Å². The standard InChI is InChI=1S/C11H10ClIN2S/c12-8-5-7(1-2-9(8)13)10(14)6-11-15-3-4-16-11/h1-5,10H,6,14H2. The van der Waals surface area contributed by atoms with E-state index in [1.165, 1.54) is 0 Å². The largest absolute Gasteiger partial charge is 0.324 e. The van der Waals surface area contributed by atoms with E-state index in [0.717, 1.165) is 25.6 Å². The minimum absolute atomic E-state index is 0.0411. The van der Waals surface area contributed by atoms with Crippen LogP contribution in [0.4, 0.5) is 0 Å². The van der Waals surface area contributed by atoms with Crippen LogP contribution in [-0.2, 0) is 6.42 Å². The molecule has 1 aromatic heterocycles. The predicted octanol–water partition coefficient (Wildman–Crippen LogP) is 3.64. The van der Waals surface area contributed by atoms with E-state index in [0.29, 0.717) is 0 Å². The summed E-state index contributed by atoms with van der Waals surface area (Å²) in [5.74, 6) is 0. The second-order valence-electron chi connectivity index (χ2n) is 3.41. The lowest BCUT2D eigenvalue weighted by molar-refractivity contribution is 0.718. The third-order valence-electron chi connectivity index (χ3n) is 2.25. The van der Waals surface area contributed by atoms with E-state index < -0.39 is 0 Å². The number of hydrogen-bond acceptors (Lipinski definition) is 3. The lowest BCUT2D eigenvalue weighted by Gasteiger charge is -2.11. The van der Waals surface area contributed by atoms with Crippen LogP contribution >= 0.6 is 45.5 Å². The molecule has 0 fully saturated rings. The molecule has 1 heterocycles. The molecule has 0 bridgehead atoms. The molecule has 2 aromatic rings. The number of rotatable bonds is 3. The smallest absolute Gasteiger partial charge is 0.0943 e. The molecule has 0 saturated heterocycles. The van der Waals surface area contributed by atoms with Crippen LogP contribution in [0, 0.1) is 3.57 Å². The molecule has 0 aliphatic heterocycles. The van der Waals surface area contributed by atoms with Gasteiger partial charge >= 0.3 is 0 Å². The van der Waals surface area contributed by atoms with Gasteiger partial charge in [0.15, 0.2) is 0 Å². The van der Waals surface area contributed by atoms with Crippen molar-refractivity contribution in [3.63, 3.8) is 0 Å². The Morgan fingerprint density at radius 2 is 2.31 bits per heavy atom. The molecule has 0 aliphatic carbocycles. The molecule has 0 saturated carbocycles. The summed E-state index contributed by atoms with van der Waals surface area (Å²) >= 11 is 9.90. The molecule has 0 aliphatic rings. The molecule has 0 spiro atoms. The molecule has 0 radical (unpaired) electrons. The zero-order valence-corrected chi connectivity index (χ0v) is 12.1. The molecule has 2 rings (SSSR count). The van der Waals surface area contributed by atoms with Gasteiger partial charge in [0.25, 0.3) is 0 Å². The first kappa shape index (κ1) is 12.3. The van der Waals surface area contributed by atoms with Crippen molar-refractivity contribution < 1.29 is 0 Å². The van der Waals surface area contributed by atoms with E-state index in [1.54, 1.807) is 17.5 Å². The van der Waals surface area contributed by atoms with Crippen molar-refractivity contribution >= 4 is 45.5 Å². The van der Waals surface area contributed by atoms with Crippen LogP contribution < -0.4 is 5.73 Å². The Labute approximate surface area is 117 Å². The number of nitrogens with two attached hydrogens (primary N) is 1. The topological polar surface area (TPSA) is 38.9 Å². The van der Waals surface area contributed by atoms with Gasteiger partial charge in [-0.25, -0.2) is 4.98 Å². The van der Waals surface area contributed by atoms with Crippen molar-refractivity contribution in [1.29, 1.82) is 0 Å². The van der Waals surface area contributed by atoms with E-state index in [1.807, 2.05) is 23.6 Å². The zero-order chi connectivity index (χ0) is 11.5. The van der Waals surface area contributed by atoms with E-state index in [2.05, 4.69) is 27.6 Å². The van der Waals surface area contributed by atoms with Crippen molar-refractivity contribution in [2.45, 2.75) is 12.5 Å². The van der Waals surface area contributed by atoms with E-state index in [-0.39, 0.29) is 6.04 Å². The molecular formula is C11H10ClIN2S. The molecular weight excluding hydrogens is 355 g/mol. The Hall–Kier alpha value is -0.170. The zero-order valence-electron chi connectivity index (χ0n) is 8.36. The number of aromatic nitrogens is 1. The SMILES string of the molecule is NC(Cc1nccs1)c1ccc(I)c(Cl)c1. The number of halogens is 2. The Kier molecular flexibility index (Phi) is 4.18. The first-order chi connectivity index (χ1) is 7.66. The summed E-state index contributed by atoms with van der Waals surface area (Å²) in [6.45, 7) is 0. The van der Waals surface area contributed by atoms with Crippen LogP contribution in [0.2, 0.25) is 5.02 Å². The van der Waals surface area contributed by atoms with Crippen LogP contribution in [0.5, 0.6) is 0 Å². The minimum Gasteiger partial charge on any atom is -0.324 e. The van der Waals surface area contributed by atoms with E-state index >= 15 is 0 Å². The predicted molar refractivity (Wildman–Crippen MR) is 76.9 cm³/mol. The Balaban J connectivity index is 2.14. The van der Waals surface area contributed by atoms with Crippen molar-refractivity contribution in [2.24, 2.45) is 5.73 Å². The van der Waals surface area contributed by atoms with Crippen molar-refractivity contribution in [1.82, 2.24) is 4.98 Å². The maximum atomic E-state index is 6.11. The fourth-order valence-electron chi connectivity index (χ4n) is 1.40. The maximum absolute atomic E-state index is 6.11. The van der Waals surface area contributed by atoms with Crippen LogP contribution in [0.25, 0.3) is 0 Å². The van der Waals surface area contributed by atoms with E-state index in [9.17, 15) is 0 Å². The fourth-order valence-corrected chi connectivity index (χ4v) is 2.60. The van der Waals surface area contributed by atoms with Gasteiger partial charge in [-0.05, 0) is 40.3 Å². The summed E-state index contributed by atoms with van der Waals surface area (Å²) in [5.41, 5.74) is 7.17.